The second kappa shape index (κ2) is 4.52. The Morgan fingerprint density at radius 3 is 3.05 bits per heavy atom. The summed E-state index contributed by atoms with van der Waals surface area (Å²) in [6.07, 6.45) is 8.93. The van der Waals surface area contributed by atoms with Crippen LogP contribution in [-0.4, -0.2) is 29.7 Å². The number of allylic oxidation sites excluding steroid dienone is 2. The maximum atomic E-state index is 9.37. The van der Waals surface area contributed by atoms with Crippen molar-refractivity contribution in [3.8, 4) is 17.6 Å². The van der Waals surface area contributed by atoms with Gasteiger partial charge in [-0.25, -0.2) is 19.6 Å². The SMILES string of the molecule is N#C/C(=C\C1CC1)n1ncnc1-c1ncnc2[nH]ccc12. The third-order valence-electron chi connectivity index (χ3n) is 3.47. The standard InChI is InChI=1S/C14H11N7/c15-6-10(5-9-1-2-9)21-14(19-8-20-21)12-11-3-4-16-13(11)18-7-17-12/h3-5,7-9H,1-2H2,(H,16,17,18)/b10-5+. The van der Waals surface area contributed by atoms with Crippen molar-refractivity contribution in [1.29, 1.82) is 5.26 Å². The fourth-order valence-corrected chi connectivity index (χ4v) is 2.27. The number of aromatic amines is 1. The molecule has 1 aliphatic rings. The summed E-state index contributed by atoms with van der Waals surface area (Å²) < 4.78 is 1.55. The van der Waals surface area contributed by atoms with Crippen LogP contribution in [-0.2, 0) is 0 Å². The van der Waals surface area contributed by atoms with E-state index in [2.05, 4.69) is 31.1 Å². The van der Waals surface area contributed by atoms with Gasteiger partial charge in [-0.15, -0.1) is 0 Å². The number of hydrogen-bond acceptors (Lipinski definition) is 5. The molecule has 7 nitrogen and oxygen atoms in total. The normalized spacial score (nSPS) is 15.3. The van der Waals surface area contributed by atoms with E-state index in [-0.39, 0.29) is 0 Å². The maximum Gasteiger partial charge on any atom is 0.183 e. The molecular formula is C14H11N7. The van der Waals surface area contributed by atoms with Crippen molar-refractivity contribution in [1.82, 2.24) is 29.7 Å². The number of H-pyrrole nitrogens is 1. The van der Waals surface area contributed by atoms with Crippen LogP contribution in [0.3, 0.4) is 0 Å². The number of aromatic nitrogens is 6. The zero-order valence-corrected chi connectivity index (χ0v) is 11.1. The van der Waals surface area contributed by atoms with Gasteiger partial charge in [0.25, 0.3) is 0 Å². The van der Waals surface area contributed by atoms with Gasteiger partial charge in [0.2, 0.25) is 0 Å². The summed E-state index contributed by atoms with van der Waals surface area (Å²) in [4.78, 5) is 15.8. The lowest BCUT2D eigenvalue weighted by molar-refractivity contribution is 0.904. The first-order chi connectivity index (χ1) is 10.4. The van der Waals surface area contributed by atoms with Crippen molar-refractivity contribution in [2.24, 2.45) is 5.92 Å². The maximum absolute atomic E-state index is 9.37. The minimum absolute atomic E-state index is 0.481. The van der Waals surface area contributed by atoms with E-state index in [9.17, 15) is 5.26 Å². The van der Waals surface area contributed by atoms with Crippen LogP contribution < -0.4 is 0 Å². The Kier molecular flexibility index (Phi) is 2.54. The number of fused-ring (bicyclic) bond motifs is 1. The lowest BCUT2D eigenvalue weighted by atomic mass is 10.2. The van der Waals surface area contributed by atoms with E-state index in [0.717, 1.165) is 23.9 Å². The highest BCUT2D eigenvalue weighted by Crippen LogP contribution is 2.33. The van der Waals surface area contributed by atoms with E-state index < -0.39 is 0 Å². The molecular weight excluding hydrogens is 266 g/mol. The smallest absolute Gasteiger partial charge is 0.183 e. The Bertz CT molecular complexity index is 876. The Hall–Kier alpha value is -3.01. The van der Waals surface area contributed by atoms with E-state index in [0.29, 0.717) is 23.1 Å². The lowest BCUT2D eigenvalue weighted by Gasteiger charge is -2.04. The van der Waals surface area contributed by atoms with Crippen molar-refractivity contribution in [3.05, 3.63) is 31.0 Å². The second-order valence-electron chi connectivity index (χ2n) is 4.96. The molecule has 1 aliphatic carbocycles. The molecule has 0 atom stereocenters. The first-order valence-electron chi connectivity index (χ1n) is 6.67. The first-order valence-corrected chi connectivity index (χ1v) is 6.67. The predicted molar refractivity (Wildman–Crippen MR) is 75.5 cm³/mol. The molecule has 0 aromatic carbocycles. The van der Waals surface area contributed by atoms with Crippen LogP contribution in [0.1, 0.15) is 12.8 Å². The molecule has 102 valence electrons. The molecule has 1 saturated carbocycles. The molecule has 0 radical (unpaired) electrons. The molecule has 0 unspecified atom stereocenters. The van der Waals surface area contributed by atoms with Gasteiger partial charge >= 0.3 is 0 Å². The van der Waals surface area contributed by atoms with E-state index in [4.69, 9.17) is 0 Å². The van der Waals surface area contributed by atoms with Gasteiger partial charge in [0, 0.05) is 11.6 Å². The zero-order chi connectivity index (χ0) is 14.2. The van der Waals surface area contributed by atoms with Crippen LogP contribution in [0.4, 0.5) is 0 Å². The molecule has 0 aliphatic heterocycles. The van der Waals surface area contributed by atoms with E-state index in [1.807, 2.05) is 12.1 Å². The molecule has 0 bridgehead atoms. The molecule has 0 spiro atoms. The molecule has 1 fully saturated rings. The van der Waals surface area contributed by atoms with Gasteiger partial charge in [-0.3, -0.25) is 0 Å². The zero-order valence-electron chi connectivity index (χ0n) is 11.1. The van der Waals surface area contributed by atoms with Gasteiger partial charge in [0.05, 0.1) is 0 Å². The average Bonchev–Trinajstić information content (AvgIpc) is 3.02. The van der Waals surface area contributed by atoms with Crippen molar-refractivity contribution in [2.75, 3.05) is 0 Å². The van der Waals surface area contributed by atoms with Crippen molar-refractivity contribution in [3.63, 3.8) is 0 Å². The van der Waals surface area contributed by atoms with Gasteiger partial charge in [-0.2, -0.15) is 10.4 Å². The highest BCUT2D eigenvalue weighted by atomic mass is 15.3. The third kappa shape index (κ3) is 1.97. The third-order valence-corrected chi connectivity index (χ3v) is 3.47. The monoisotopic (exact) mass is 277 g/mol. The van der Waals surface area contributed by atoms with Crippen molar-refractivity contribution >= 4 is 16.7 Å². The summed E-state index contributed by atoms with van der Waals surface area (Å²) in [7, 11) is 0. The average molecular weight is 277 g/mol. The highest BCUT2D eigenvalue weighted by Gasteiger charge is 2.22. The molecule has 0 saturated heterocycles. The van der Waals surface area contributed by atoms with Crippen LogP contribution in [0, 0.1) is 17.2 Å². The highest BCUT2D eigenvalue weighted by molar-refractivity contribution is 5.89. The van der Waals surface area contributed by atoms with Gasteiger partial charge in [-0.05, 0) is 30.9 Å². The number of hydrogen-bond donors (Lipinski definition) is 1. The fraction of sp³-hybridized carbons (Fsp3) is 0.214. The largest absolute Gasteiger partial charge is 0.346 e. The molecule has 3 aromatic heterocycles. The quantitative estimate of drug-likeness (QED) is 0.738. The summed E-state index contributed by atoms with van der Waals surface area (Å²) in [5.41, 5.74) is 1.89. The predicted octanol–water partition coefficient (Wildman–Crippen LogP) is 1.99. The van der Waals surface area contributed by atoms with Crippen molar-refractivity contribution in [2.45, 2.75) is 12.8 Å². The minimum Gasteiger partial charge on any atom is -0.346 e. The summed E-state index contributed by atoms with van der Waals surface area (Å²) in [6.45, 7) is 0. The number of nitrogens with one attached hydrogen (secondary N) is 1. The number of rotatable bonds is 3. The topological polar surface area (TPSA) is 96.1 Å². The van der Waals surface area contributed by atoms with E-state index >= 15 is 0 Å². The van der Waals surface area contributed by atoms with Gasteiger partial charge in [0.15, 0.2) is 5.82 Å². The minimum atomic E-state index is 0.481. The van der Waals surface area contributed by atoms with Crippen molar-refractivity contribution < 1.29 is 0 Å². The molecule has 21 heavy (non-hydrogen) atoms. The van der Waals surface area contributed by atoms with Gasteiger partial charge in [-0.1, -0.05) is 0 Å². The van der Waals surface area contributed by atoms with Gasteiger partial charge < -0.3 is 4.98 Å². The summed E-state index contributed by atoms with van der Waals surface area (Å²) in [6, 6.07) is 4.09. The first kappa shape index (κ1) is 11.8. The Labute approximate surface area is 120 Å². The number of nitriles is 1. The Morgan fingerprint density at radius 2 is 2.24 bits per heavy atom. The van der Waals surface area contributed by atoms with E-state index in [1.54, 1.807) is 10.9 Å². The molecule has 3 aromatic rings. The Morgan fingerprint density at radius 1 is 1.33 bits per heavy atom. The molecule has 3 heterocycles. The molecule has 4 rings (SSSR count). The van der Waals surface area contributed by atoms with Crippen LogP contribution in [0.15, 0.2) is 31.0 Å². The fourth-order valence-electron chi connectivity index (χ4n) is 2.27. The second-order valence-corrected chi connectivity index (χ2v) is 4.96. The molecule has 0 amide bonds. The molecule has 1 N–H and O–H groups in total. The van der Waals surface area contributed by atoms with Crippen LogP contribution in [0.2, 0.25) is 0 Å². The molecule has 7 heteroatoms. The van der Waals surface area contributed by atoms with Crippen LogP contribution in [0.5, 0.6) is 0 Å². The van der Waals surface area contributed by atoms with Gasteiger partial charge in [0.1, 0.15) is 35.8 Å². The Balaban J connectivity index is 1.89. The van der Waals surface area contributed by atoms with Crippen LogP contribution >= 0.6 is 0 Å². The summed E-state index contributed by atoms with van der Waals surface area (Å²) in [5, 5.41) is 14.4. The number of nitrogens with zero attached hydrogens (tertiary/aromatic N) is 6. The summed E-state index contributed by atoms with van der Waals surface area (Å²) in [5.74, 6) is 1.03. The summed E-state index contributed by atoms with van der Waals surface area (Å²) >= 11 is 0. The van der Waals surface area contributed by atoms with E-state index in [1.165, 1.54) is 12.7 Å². The lowest BCUT2D eigenvalue weighted by Crippen LogP contribution is -2.02. The van der Waals surface area contributed by atoms with Crippen LogP contribution in [0.25, 0.3) is 28.2 Å².